The molecule has 0 saturated carbocycles. The molecule has 0 aliphatic carbocycles. The highest BCUT2D eigenvalue weighted by Crippen LogP contribution is 2.15. The van der Waals surface area contributed by atoms with Gasteiger partial charge in [0.25, 0.3) is 5.91 Å². The fourth-order valence-corrected chi connectivity index (χ4v) is 2.42. The quantitative estimate of drug-likeness (QED) is 0.929. The van der Waals surface area contributed by atoms with Crippen LogP contribution in [0.25, 0.3) is 0 Å². The Bertz CT molecular complexity index is 619. The third kappa shape index (κ3) is 2.89. The Balaban J connectivity index is 1.68. The molecule has 0 fully saturated rings. The van der Waals surface area contributed by atoms with Gasteiger partial charge in [-0.05, 0) is 30.7 Å². The predicted octanol–water partition coefficient (Wildman–Crippen LogP) is 1.76. The number of fused-ring (bicyclic) bond motifs is 1. The van der Waals surface area contributed by atoms with Crippen LogP contribution in [0.2, 0.25) is 0 Å². The topological polar surface area (TPSA) is 63.1 Å². The Morgan fingerprint density at radius 3 is 2.86 bits per heavy atom. The number of amides is 1. The van der Waals surface area contributed by atoms with Crippen molar-refractivity contribution in [2.45, 2.75) is 26.4 Å². The Morgan fingerprint density at radius 1 is 1.29 bits per heavy atom. The first-order valence-corrected chi connectivity index (χ1v) is 7.28. The minimum atomic E-state index is 0.0475. The van der Waals surface area contributed by atoms with E-state index in [9.17, 15) is 4.79 Å². The van der Waals surface area contributed by atoms with Gasteiger partial charge in [-0.2, -0.15) is 0 Å². The zero-order valence-electron chi connectivity index (χ0n) is 12.1. The highest BCUT2D eigenvalue weighted by atomic mass is 16.2. The molecule has 0 saturated heterocycles. The van der Waals surface area contributed by atoms with Crippen LogP contribution in [0.3, 0.4) is 0 Å². The van der Waals surface area contributed by atoms with E-state index in [1.54, 1.807) is 6.33 Å². The van der Waals surface area contributed by atoms with Crippen LogP contribution >= 0.6 is 0 Å². The second-order valence-electron chi connectivity index (χ2n) is 5.17. The van der Waals surface area contributed by atoms with Crippen molar-refractivity contribution in [3.8, 4) is 0 Å². The molecule has 1 aliphatic heterocycles. The average Bonchev–Trinajstić information content (AvgIpc) is 3.00. The van der Waals surface area contributed by atoms with Gasteiger partial charge in [0.1, 0.15) is 6.33 Å². The molecule has 0 unspecified atom stereocenters. The summed E-state index contributed by atoms with van der Waals surface area (Å²) in [5, 5.41) is 11.2. The maximum atomic E-state index is 12.5. The van der Waals surface area contributed by atoms with Crippen LogP contribution in [0.1, 0.15) is 29.5 Å². The van der Waals surface area contributed by atoms with Crippen molar-refractivity contribution >= 4 is 11.6 Å². The van der Waals surface area contributed by atoms with Gasteiger partial charge < -0.3 is 14.8 Å². The maximum Gasteiger partial charge on any atom is 0.254 e. The number of carbonyl (C=O) groups excluding carboxylic acids is 1. The fourth-order valence-electron chi connectivity index (χ4n) is 2.42. The van der Waals surface area contributed by atoms with E-state index in [2.05, 4.69) is 22.4 Å². The third-order valence-corrected chi connectivity index (χ3v) is 3.64. The van der Waals surface area contributed by atoms with Crippen LogP contribution < -0.4 is 5.32 Å². The summed E-state index contributed by atoms with van der Waals surface area (Å²) in [6, 6.07) is 7.66. The van der Waals surface area contributed by atoms with Crippen molar-refractivity contribution < 1.29 is 4.79 Å². The molecule has 1 amide bonds. The molecule has 3 rings (SSSR count). The molecule has 1 aliphatic rings. The lowest BCUT2D eigenvalue weighted by Gasteiger charge is -2.27. The monoisotopic (exact) mass is 285 g/mol. The number of nitrogens with zero attached hydrogens (tertiary/aromatic N) is 4. The molecular formula is C15H19N5O. The van der Waals surface area contributed by atoms with E-state index in [4.69, 9.17) is 0 Å². The Kier molecular flexibility index (Phi) is 3.85. The lowest BCUT2D eigenvalue weighted by molar-refractivity contribution is 0.0707. The smallest absolute Gasteiger partial charge is 0.254 e. The van der Waals surface area contributed by atoms with E-state index in [-0.39, 0.29) is 5.91 Å². The van der Waals surface area contributed by atoms with Crippen molar-refractivity contribution in [2.24, 2.45) is 0 Å². The minimum Gasteiger partial charge on any atom is -0.385 e. The van der Waals surface area contributed by atoms with Gasteiger partial charge in [-0.1, -0.05) is 6.92 Å². The first-order chi connectivity index (χ1) is 10.3. The van der Waals surface area contributed by atoms with Gasteiger partial charge in [0.2, 0.25) is 0 Å². The third-order valence-electron chi connectivity index (χ3n) is 3.64. The van der Waals surface area contributed by atoms with Crippen LogP contribution in [0.4, 0.5) is 5.69 Å². The largest absolute Gasteiger partial charge is 0.385 e. The van der Waals surface area contributed by atoms with Gasteiger partial charge in [0.05, 0.1) is 6.54 Å². The second-order valence-corrected chi connectivity index (χ2v) is 5.17. The molecular weight excluding hydrogens is 266 g/mol. The molecule has 1 aromatic carbocycles. The summed E-state index contributed by atoms with van der Waals surface area (Å²) < 4.78 is 1.99. The Labute approximate surface area is 123 Å². The normalized spacial score (nSPS) is 13.9. The van der Waals surface area contributed by atoms with Crippen LogP contribution in [-0.4, -0.2) is 38.7 Å². The first kappa shape index (κ1) is 13.6. The number of carbonyl (C=O) groups is 1. The zero-order valence-corrected chi connectivity index (χ0v) is 12.1. The molecule has 0 spiro atoms. The molecule has 6 nitrogen and oxygen atoms in total. The van der Waals surface area contributed by atoms with E-state index in [1.165, 1.54) is 0 Å². The molecule has 1 aromatic heterocycles. The molecule has 2 heterocycles. The summed E-state index contributed by atoms with van der Waals surface area (Å²) in [4.78, 5) is 14.3. The summed E-state index contributed by atoms with van der Waals surface area (Å²) >= 11 is 0. The summed E-state index contributed by atoms with van der Waals surface area (Å²) in [5.74, 6) is 0.891. The van der Waals surface area contributed by atoms with Gasteiger partial charge in [-0.25, -0.2) is 0 Å². The molecule has 1 N–H and O–H groups in total. The molecule has 0 radical (unpaired) electrons. The summed E-state index contributed by atoms with van der Waals surface area (Å²) in [6.07, 6.45) is 2.79. The van der Waals surface area contributed by atoms with Gasteiger partial charge in [0.15, 0.2) is 5.82 Å². The lowest BCUT2D eigenvalue weighted by atomic mass is 10.1. The molecule has 0 atom stereocenters. The Hall–Kier alpha value is -2.37. The van der Waals surface area contributed by atoms with E-state index in [1.807, 2.05) is 33.7 Å². The van der Waals surface area contributed by atoms with Gasteiger partial charge in [-0.3, -0.25) is 4.79 Å². The van der Waals surface area contributed by atoms with Crippen LogP contribution in [0, 0.1) is 0 Å². The van der Waals surface area contributed by atoms with E-state index < -0.39 is 0 Å². The lowest BCUT2D eigenvalue weighted by Crippen LogP contribution is -2.38. The number of hydrogen-bond acceptors (Lipinski definition) is 4. The minimum absolute atomic E-state index is 0.0475. The van der Waals surface area contributed by atoms with Crippen LogP contribution in [0.15, 0.2) is 30.6 Å². The fraction of sp³-hybridized carbons (Fsp3) is 0.400. The van der Waals surface area contributed by atoms with Gasteiger partial charge >= 0.3 is 0 Å². The summed E-state index contributed by atoms with van der Waals surface area (Å²) in [6.45, 7) is 5.04. The molecule has 6 heteroatoms. The number of aromatic nitrogens is 3. The average molecular weight is 285 g/mol. The van der Waals surface area contributed by atoms with Gasteiger partial charge in [-0.15, -0.1) is 10.2 Å². The van der Waals surface area contributed by atoms with Crippen molar-refractivity contribution in [1.29, 1.82) is 0 Å². The summed E-state index contributed by atoms with van der Waals surface area (Å²) in [5.41, 5.74) is 1.76. The van der Waals surface area contributed by atoms with Crippen LogP contribution in [-0.2, 0) is 13.1 Å². The summed E-state index contributed by atoms with van der Waals surface area (Å²) in [7, 11) is 0. The molecule has 21 heavy (non-hydrogen) atoms. The van der Waals surface area contributed by atoms with E-state index >= 15 is 0 Å². The highest BCUT2D eigenvalue weighted by molar-refractivity contribution is 5.94. The molecule has 0 bridgehead atoms. The van der Waals surface area contributed by atoms with Crippen LogP contribution in [0.5, 0.6) is 0 Å². The standard InChI is InChI=1S/C15H19N5O/c1-2-7-16-13-5-3-12(4-6-13)15(21)19-8-9-20-11-17-18-14(20)10-19/h3-6,11,16H,2,7-10H2,1H3. The van der Waals surface area contributed by atoms with E-state index in [0.29, 0.717) is 18.7 Å². The zero-order chi connectivity index (χ0) is 14.7. The van der Waals surface area contributed by atoms with Crippen molar-refractivity contribution in [2.75, 3.05) is 18.4 Å². The SMILES string of the molecule is CCCNc1ccc(C(=O)N2CCn3cnnc3C2)cc1. The molecule has 110 valence electrons. The second kappa shape index (κ2) is 5.95. The number of hydrogen-bond donors (Lipinski definition) is 1. The first-order valence-electron chi connectivity index (χ1n) is 7.28. The van der Waals surface area contributed by atoms with Crippen molar-refractivity contribution in [3.05, 3.63) is 42.0 Å². The Morgan fingerprint density at radius 2 is 2.10 bits per heavy atom. The predicted molar refractivity (Wildman–Crippen MR) is 80.0 cm³/mol. The number of nitrogens with one attached hydrogen (secondary N) is 1. The van der Waals surface area contributed by atoms with Crippen molar-refractivity contribution in [1.82, 2.24) is 19.7 Å². The number of benzene rings is 1. The highest BCUT2D eigenvalue weighted by Gasteiger charge is 2.22. The van der Waals surface area contributed by atoms with E-state index in [0.717, 1.165) is 31.0 Å². The number of rotatable bonds is 4. The van der Waals surface area contributed by atoms with Gasteiger partial charge in [0, 0.05) is 30.9 Å². The maximum absolute atomic E-state index is 12.5. The molecule has 2 aromatic rings. The van der Waals surface area contributed by atoms with Crippen molar-refractivity contribution in [3.63, 3.8) is 0 Å². The number of anilines is 1.